The van der Waals surface area contributed by atoms with Crippen LogP contribution in [0.2, 0.25) is 0 Å². The second-order valence-electron chi connectivity index (χ2n) is 9.79. The SMILES string of the molecule is c1ccc(N(c2ccccc2)c2ccc(-c3cccc4c(-c5cccc6ccccc56)cccc34)cc2)cc1. The zero-order valence-electron chi connectivity index (χ0n) is 21.5. The fourth-order valence-electron chi connectivity index (χ4n) is 5.65. The van der Waals surface area contributed by atoms with Crippen LogP contribution in [-0.2, 0) is 0 Å². The Balaban J connectivity index is 1.33. The van der Waals surface area contributed by atoms with Gasteiger partial charge in [-0.15, -0.1) is 0 Å². The highest BCUT2D eigenvalue weighted by Crippen LogP contribution is 2.39. The van der Waals surface area contributed by atoms with Crippen LogP contribution in [0, 0.1) is 0 Å². The Morgan fingerprint density at radius 1 is 0.282 bits per heavy atom. The molecule has 184 valence electrons. The minimum Gasteiger partial charge on any atom is -0.311 e. The van der Waals surface area contributed by atoms with E-state index in [1.54, 1.807) is 0 Å². The van der Waals surface area contributed by atoms with Gasteiger partial charge in [-0.2, -0.15) is 0 Å². The van der Waals surface area contributed by atoms with Gasteiger partial charge in [0, 0.05) is 17.1 Å². The van der Waals surface area contributed by atoms with E-state index in [-0.39, 0.29) is 0 Å². The van der Waals surface area contributed by atoms with E-state index in [9.17, 15) is 0 Å². The second-order valence-corrected chi connectivity index (χ2v) is 9.79. The van der Waals surface area contributed by atoms with Crippen LogP contribution in [-0.4, -0.2) is 0 Å². The summed E-state index contributed by atoms with van der Waals surface area (Å²) in [7, 11) is 0. The summed E-state index contributed by atoms with van der Waals surface area (Å²) >= 11 is 0. The maximum Gasteiger partial charge on any atom is 0.0462 e. The molecule has 0 saturated heterocycles. The van der Waals surface area contributed by atoms with Crippen molar-refractivity contribution in [3.8, 4) is 22.3 Å². The van der Waals surface area contributed by atoms with E-state index in [0.717, 1.165) is 17.1 Å². The largest absolute Gasteiger partial charge is 0.311 e. The highest BCUT2D eigenvalue weighted by Gasteiger charge is 2.14. The lowest BCUT2D eigenvalue weighted by atomic mass is 9.91. The maximum atomic E-state index is 2.30. The van der Waals surface area contributed by atoms with Gasteiger partial charge in [-0.3, -0.25) is 0 Å². The zero-order valence-corrected chi connectivity index (χ0v) is 21.5. The molecule has 1 nitrogen and oxygen atoms in total. The first kappa shape index (κ1) is 23.0. The maximum absolute atomic E-state index is 2.30. The monoisotopic (exact) mass is 497 g/mol. The van der Waals surface area contributed by atoms with Crippen LogP contribution in [0.15, 0.2) is 164 Å². The number of hydrogen-bond donors (Lipinski definition) is 0. The van der Waals surface area contributed by atoms with Gasteiger partial charge in [0.25, 0.3) is 0 Å². The Morgan fingerprint density at radius 2 is 0.718 bits per heavy atom. The molecule has 0 saturated carbocycles. The van der Waals surface area contributed by atoms with Crippen molar-refractivity contribution in [3.63, 3.8) is 0 Å². The molecule has 0 aliphatic carbocycles. The van der Waals surface area contributed by atoms with Crippen LogP contribution in [0.25, 0.3) is 43.8 Å². The molecule has 0 aliphatic rings. The number of para-hydroxylation sites is 2. The standard InChI is InChI=1S/C38H27N/c1-3-14-30(15-4-1)39(31-16-5-2-6-17-31)32-26-24-29(25-27-32)34-19-10-22-37-36(34)21-11-23-38(37)35-20-9-13-28-12-7-8-18-33(28)35/h1-27H. The van der Waals surface area contributed by atoms with Gasteiger partial charge < -0.3 is 4.90 Å². The van der Waals surface area contributed by atoms with Crippen LogP contribution in [0.4, 0.5) is 17.1 Å². The van der Waals surface area contributed by atoms with Crippen molar-refractivity contribution in [3.05, 3.63) is 164 Å². The lowest BCUT2D eigenvalue weighted by Gasteiger charge is -2.25. The molecular formula is C38H27N. The van der Waals surface area contributed by atoms with E-state index in [0.29, 0.717) is 0 Å². The van der Waals surface area contributed by atoms with Crippen LogP contribution >= 0.6 is 0 Å². The van der Waals surface area contributed by atoms with Crippen molar-refractivity contribution in [2.75, 3.05) is 4.90 Å². The lowest BCUT2D eigenvalue weighted by molar-refractivity contribution is 1.28. The molecule has 0 aromatic heterocycles. The minimum atomic E-state index is 1.13. The molecule has 0 aliphatic heterocycles. The average molecular weight is 498 g/mol. The molecule has 7 rings (SSSR count). The minimum absolute atomic E-state index is 1.13. The third kappa shape index (κ3) is 4.24. The molecule has 7 aromatic carbocycles. The molecule has 0 atom stereocenters. The average Bonchev–Trinajstić information content (AvgIpc) is 3.02. The van der Waals surface area contributed by atoms with Crippen LogP contribution < -0.4 is 4.90 Å². The summed E-state index contributed by atoms with van der Waals surface area (Å²) in [5.74, 6) is 0. The van der Waals surface area contributed by atoms with Crippen molar-refractivity contribution < 1.29 is 0 Å². The molecule has 39 heavy (non-hydrogen) atoms. The van der Waals surface area contributed by atoms with Gasteiger partial charge in [0.05, 0.1) is 0 Å². The summed E-state index contributed by atoms with van der Waals surface area (Å²) in [5.41, 5.74) is 8.40. The van der Waals surface area contributed by atoms with Crippen LogP contribution in [0.1, 0.15) is 0 Å². The fraction of sp³-hybridized carbons (Fsp3) is 0. The molecule has 0 bridgehead atoms. The van der Waals surface area contributed by atoms with Crippen molar-refractivity contribution in [1.82, 2.24) is 0 Å². The van der Waals surface area contributed by atoms with Crippen molar-refractivity contribution >= 4 is 38.6 Å². The summed E-state index contributed by atoms with van der Waals surface area (Å²) in [4.78, 5) is 2.30. The van der Waals surface area contributed by atoms with Gasteiger partial charge in [-0.1, -0.05) is 127 Å². The molecule has 0 unspecified atom stereocenters. The van der Waals surface area contributed by atoms with E-state index in [2.05, 4.69) is 169 Å². The highest BCUT2D eigenvalue weighted by atomic mass is 15.1. The van der Waals surface area contributed by atoms with Crippen LogP contribution in [0.3, 0.4) is 0 Å². The Hall–Kier alpha value is -5.14. The first-order valence-corrected chi connectivity index (χ1v) is 13.4. The molecular weight excluding hydrogens is 470 g/mol. The van der Waals surface area contributed by atoms with Gasteiger partial charge in [0.2, 0.25) is 0 Å². The normalized spacial score (nSPS) is 11.1. The molecule has 7 aromatic rings. The summed E-state index contributed by atoms with van der Waals surface area (Å²) in [6, 6.07) is 58.6. The number of anilines is 3. The third-order valence-electron chi connectivity index (χ3n) is 7.47. The molecule has 0 spiro atoms. The first-order chi connectivity index (χ1) is 19.4. The van der Waals surface area contributed by atoms with E-state index < -0.39 is 0 Å². The molecule has 0 heterocycles. The number of hydrogen-bond acceptors (Lipinski definition) is 1. The quantitative estimate of drug-likeness (QED) is 0.229. The summed E-state index contributed by atoms with van der Waals surface area (Å²) < 4.78 is 0. The van der Waals surface area contributed by atoms with Crippen molar-refractivity contribution in [2.45, 2.75) is 0 Å². The predicted molar refractivity (Wildman–Crippen MR) is 167 cm³/mol. The Bertz CT molecular complexity index is 1840. The number of rotatable bonds is 5. The first-order valence-electron chi connectivity index (χ1n) is 13.4. The van der Waals surface area contributed by atoms with Crippen LogP contribution in [0.5, 0.6) is 0 Å². The fourth-order valence-corrected chi connectivity index (χ4v) is 5.65. The molecule has 0 radical (unpaired) electrons. The molecule has 0 fully saturated rings. The Kier molecular flexibility index (Phi) is 5.88. The third-order valence-corrected chi connectivity index (χ3v) is 7.47. The lowest BCUT2D eigenvalue weighted by Crippen LogP contribution is -2.09. The number of fused-ring (bicyclic) bond motifs is 2. The van der Waals surface area contributed by atoms with Gasteiger partial charge in [-0.25, -0.2) is 0 Å². The Morgan fingerprint density at radius 3 is 1.38 bits per heavy atom. The highest BCUT2D eigenvalue weighted by molar-refractivity contribution is 6.09. The summed E-state index contributed by atoms with van der Waals surface area (Å²) in [6.45, 7) is 0. The molecule has 0 amide bonds. The summed E-state index contributed by atoms with van der Waals surface area (Å²) in [5, 5.41) is 5.08. The molecule has 0 N–H and O–H groups in total. The number of benzene rings is 7. The molecule has 1 heteroatoms. The predicted octanol–water partition coefficient (Wildman–Crippen LogP) is 10.8. The van der Waals surface area contributed by atoms with Crippen molar-refractivity contribution in [1.29, 1.82) is 0 Å². The van der Waals surface area contributed by atoms with E-state index >= 15 is 0 Å². The van der Waals surface area contributed by atoms with E-state index in [1.165, 1.54) is 43.8 Å². The topological polar surface area (TPSA) is 3.24 Å². The van der Waals surface area contributed by atoms with Crippen molar-refractivity contribution in [2.24, 2.45) is 0 Å². The van der Waals surface area contributed by atoms with Gasteiger partial charge >= 0.3 is 0 Å². The van der Waals surface area contributed by atoms with Gasteiger partial charge in [0.1, 0.15) is 0 Å². The smallest absolute Gasteiger partial charge is 0.0462 e. The van der Waals surface area contributed by atoms with E-state index in [4.69, 9.17) is 0 Å². The van der Waals surface area contributed by atoms with E-state index in [1.807, 2.05) is 0 Å². The zero-order chi connectivity index (χ0) is 26.0. The Labute approximate surface area is 229 Å². The number of nitrogens with zero attached hydrogens (tertiary/aromatic N) is 1. The van der Waals surface area contributed by atoms with Gasteiger partial charge in [-0.05, 0) is 80.2 Å². The summed E-state index contributed by atoms with van der Waals surface area (Å²) in [6.07, 6.45) is 0. The second kappa shape index (κ2) is 9.96. The van der Waals surface area contributed by atoms with Gasteiger partial charge in [0.15, 0.2) is 0 Å².